The van der Waals surface area contributed by atoms with Gasteiger partial charge in [0.05, 0.1) is 0 Å². The van der Waals surface area contributed by atoms with E-state index in [-0.39, 0.29) is 12.1 Å². The van der Waals surface area contributed by atoms with Gasteiger partial charge in [0.25, 0.3) is 0 Å². The van der Waals surface area contributed by atoms with Crippen LogP contribution in [0.3, 0.4) is 0 Å². The average Bonchev–Trinajstić information content (AvgIpc) is 2.46. The fourth-order valence-electron chi connectivity index (χ4n) is 1.50. The second kappa shape index (κ2) is 2.79. The minimum absolute atomic E-state index is 0.109. The summed E-state index contributed by atoms with van der Waals surface area (Å²) in [5, 5.41) is 0. The van der Waals surface area contributed by atoms with Crippen molar-refractivity contribution in [3.63, 3.8) is 0 Å². The number of para-hydroxylation sites is 1. The van der Waals surface area contributed by atoms with Crippen LogP contribution in [0.1, 0.15) is 12.5 Å². The number of benzene rings is 1. The van der Waals surface area contributed by atoms with Crippen molar-refractivity contribution in [2.45, 2.75) is 25.5 Å². The molecule has 0 fully saturated rings. The number of ether oxygens (including phenoxy) is 1. The van der Waals surface area contributed by atoms with E-state index in [1.165, 1.54) is 5.56 Å². The van der Waals surface area contributed by atoms with Crippen molar-refractivity contribution in [3.05, 3.63) is 29.8 Å². The van der Waals surface area contributed by atoms with Gasteiger partial charge in [-0.15, -0.1) is 0 Å². The molecule has 1 aromatic rings. The first-order chi connectivity index (χ1) is 5.77. The van der Waals surface area contributed by atoms with E-state index in [0.717, 1.165) is 12.2 Å². The molecular weight excluding hydrogens is 150 g/mol. The third-order valence-electron chi connectivity index (χ3n) is 2.26. The maximum atomic E-state index is 5.75. The van der Waals surface area contributed by atoms with Crippen LogP contribution in [0.4, 0.5) is 0 Å². The normalized spacial score (nSPS) is 23.0. The lowest BCUT2D eigenvalue weighted by atomic mass is 10.1. The van der Waals surface area contributed by atoms with Crippen molar-refractivity contribution in [2.75, 3.05) is 0 Å². The summed E-state index contributed by atoms with van der Waals surface area (Å²) in [5.41, 5.74) is 7.03. The Balaban J connectivity index is 2.22. The first kappa shape index (κ1) is 7.62. The Morgan fingerprint density at radius 3 is 2.92 bits per heavy atom. The van der Waals surface area contributed by atoms with Crippen molar-refractivity contribution in [2.24, 2.45) is 5.73 Å². The van der Waals surface area contributed by atoms with Gasteiger partial charge in [0.1, 0.15) is 11.9 Å². The smallest absolute Gasteiger partial charge is 0.123 e. The molecule has 1 aliphatic rings. The molecule has 1 aliphatic heterocycles. The summed E-state index contributed by atoms with van der Waals surface area (Å²) in [4.78, 5) is 0. The molecule has 0 aromatic heterocycles. The number of hydrogen-bond acceptors (Lipinski definition) is 2. The lowest BCUT2D eigenvalue weighted by molar-refractivity contribution is 0.206. The Kier molecular flexibility index (Phi) is 1.77. The Morgan fingerprint density at radius 2 is 2.25 bits per heavy atom. The SMILES string of the molecule is CC(N)C1Cc2ccccc2O1. The first-order valence-electron chi connectivity index (χ1n) is 4.27. The number of fused-ring (bicyclic) bond motifs is 1. The largest absolute Gasteiger partial charge is 0.488 e. The molecule has 64 valence electrons. The summed E-state index contributed by atoms with van der Waals surface area (Å²) >= 11 is 0. The van der Waals surface area contributed by atoms with E-state index < -0.39 is 0 Å². The van der Waals surface area contributed by atoms with E-state index in [4.69, 9.17) is 10.5 Å². The highest BCUT2D eigenvalue weighted by atomic mass is 16.5. The van der Waals surface area contributed by atoms with Gasteiger partial charge in [0, 0.05) is 12.5 Å². The van der Waals surface area contributed by atoms with Crippen LogP contribution in [0.25, 0.3) is 0 Å². The number of hydrogen-bond donors (Lipinski definition) is 1. The molecule has 2 nitrogen and oxygen atoms in total. The summed E-state index contributed by atoms with van der Waals surface area (Å²) in [5.74, 6) is 1.000. The minimum atomic E-state index is 0.109. The number of rotatable bonds is 1. The third-order valence-corrected chi connectivity index (χ3v) is 2.26. The summed E-state index contributed by atoms with van der Waals surface area (Å²) < 4.78 is 5.64. The van der Waals surface area contributed by atoms with E-state index in [2.05, 4.69) is 6.07 Å². The van der Waals surface area contributed by atoms with Crippen molar-refractivity contribution in [1.29, 1.82) is 0 Å². The van der Waals surface area contributed by atoms with Crippen molar-refractivity contribution < 1.29 is 4.74 Å². The maximum Gasteiger partial charge on any atom is 0.123 e. The zero-order valence-electron chi connectivity index (χ0n) is 7.16. The molecular formula is C10H13NO. The molecule has 0 saturated carbocycles. The van der Waals surface area contributed by atoms with Crippen LogP contribution in [0.15, 0.2) is 24.3 Å². The van der Waals surface area contributed by atoms with Crippen LogP contribution in [0.2, 0.25) is 0 Å². The topological polar surface area (TPSA) is 35.2 Å². The fraction of sp³-hybridized carbons (Fsp3) is 0.400. The quantitative estimate of drug-likeness (QED) is 0.678. The molecule has 1 aromatic carbocycles. The standard InChI is InChI=1S/C10H13NO/c1-7(11)10-6-8-4-2-3-5-9(8)12-10/h2-5,7,10H,6,11H2,1H3. The molecule has 2 rings (SSSR count). The lowest BCUT2D eigenvalue weighted by Gasteiger charge is -2.13. The van der Waals surface area contributed by atoms with Crippen molar-refractivity contribution >= 4 is 0 Å². The lowest BCUT2D eigenvalue weighted by Crippen LogP contribution is -2.34. The molecule has 0 radical (unpaired) electrons. The Morgan fingerprint density at radius 1 is 1.50 bits per heavy atom. The molecule has 0 bridgehead atoms. The average molecular weight is 163 g/mol. The van der Waals surface area contributed by atoms with Crippen LogP contribution in [-0.4, -0.2) is 12.1 Å². The molecule has 2 atom stereocenters. The van der Waals surface area contributed by atoms with E-state index in [1.807, 2.05) is 25.1 Å². The van der Waals surface area contributed by atoms with Crippen LogP contribution in [0.5, 0.6) is 5.75 Å². The van der Waals surface area contributed by atoms with E-state index >= 15 is 0 Å². The molecule has 2 unspecified atom stereocenters. The second-order valence-electron chi connectivity index (χ2n) is 3.33. The third kappa shape index (κ3) is 1.18. The molecule has 2 heteroatoms. The Labute approximate surface area is 72.3 Å². The van der Waals surface area contributed by atoms with Crippen LogP contribution in [-0.2, 0) is 6.42 Å². The van der Waals surface area contributed by atoms with Crippen LogP contribution < -0.4 is 10.5 Å². The van der Waals surface area contributed by atoms with Gasteiger partial charge in [0.15, 0.2) is 0 Å². The summed E-state index contributed by atoms with van der Waals surface area (Å²) in [6.07, 6.45) is 1.12. The van der Waals surface area contributed by atoms with Gasteiger partial charge in [-0.3, -0.25) is 0 Å². The summed E-state index contributed by atoms with van der Waals surface area (Å²) in [6.45, 7) is 1.98. The van der Waals surface area contributed by atoms with Crippen LogP contribution in [0, 0.1) is 0 Å². The van der Waals surface area contributed by atoms with Crippen molar-refractivity contribution in [3.8, 4) is 5.75 Å². The molecule has 1 heterocycles. The predicted octanol–water partition coefficient (Wildman–Crippen LogP) is 1.34. The van der Waals surface area contributed by atoms with Gasteiger partial charge in [-0.25, -0.2) is 0 Å². The molecule has 0 amide bonds. The van der Waals surface area contributed by atoms with Crippen LogP contribution >= 0.6 is 0 Å². The highest BCUT2D eigenvalue weighted by molar-refractivity contribution is 5.37. The van der Waals surface area contributed by atoms with E-state index in [1.54, 1.807) is 0 Å². The monoisotopic (exact) mass is 163 g/mol. The van der Waals surface area contributed by atoms with E-state index in [0.29, 0.717) is 0 Å². The van der Waals surface area contributed by atoms with Gasteiger partial charge < -0.3 is 10.5 Å². The molecule has 0 aliphatic carbocycles. The highest BCUT2D eigenvalue weighted by Gasteiger charge is 2.24. The zero-order valence-corrected chi connectivity index (χ0v) is 7.16. The first-order valence-corrected chi connectivity index (χ1v) is 4.27. The molecule has 2 N–H and O–H groups in total. The molecule has 0 saturated heterocycles. The van der Waals surface area contributed by atoms with Gasteiger partial charge in [-0.2, -0.15) is 0 Å². The fourth-order valence-corrected chi connectivity index (χ4v) is 1.50. The molecule has 12 heavy (non-hydrogen) atoms. The summed E-state index contributed by atoms with van der Waals surface area (Å²) in [7, 11) is 0. The molecule has 0 spiro atoms. The second-order valence-corrected chi connectivity index (χ2v) is 3.33. The van der Waals surface area contributed by atoms with Gasteiger partial charge in [-0.1, -0.05) is 18.2 Å². The van der Waals surface area contributed by atoms with E-state index in [9.17, 15) is 0 Å². The van der Waals surface area contributed by atoms with Crippen molar-refractivity contribution in [1.82, 2.24) is 0 Å². The van der Waals surface area contributed by atoms with Gasteiger partial charge in [0.2, 0.25) is 0 Å². The minimum Gasteiger partial charge on any atom is -0.488 e. The summed E-state index contributed by atoms with van der Waals surface area (Å²) in [6, 6.07) is 8.22. The van der Waals surface area contributed by atoms with Gasteiger partial charge >= 0.3 is 0 Å². The number of nitrogens with two attached hydrogens (primary N) is 1. The highest BCUT2D eigenvalue weighted by Crippen LogP contribution is 2.28. The van der Waals surface area contributed by atoms with Gasteiger partial charge in [-0.05, 0) is 18.6 Å². The Hall–Kier alpha value is -1.02. The predicted molar refractivity (Wildman–Crippen MR) is 48.2 cm³/mol. The zero-order chi connectivity index (χ0) is 8.55. The Bertz CT molecular complexity index is 258. The maximum absolute atomic E-state index is 5.75.